The lowest BCUT2D eigenvalue weighted by molar-refractivity contribution is 0.184. The van der Waals surface area contributed by atoms with Crippen LogP contribution in [0.3, 0.4) is 0 Å². The average molecular weight is 238 g/mol. The Hall–Kier alpha value is -0.870. The van der Waals surface area contributed by atoms with Crippen LogP contribution in [0.15, 0.2) is 12.4 Å². The first-order chi connectivity index (χ1) is 7.98. The van der Waals surface area contributed by atoms with E-state index >= 15 is 0 Å². The van der Waals surface area contributed by atoms with E-state index in [0.717, 1.165) is 38.5 Å². The summed E-state index contributed by atoms with van der Waals surface area (Å²) in [5, 5.41) is 0. The molecule has 0 unspecified atom stereocenters. The number of aromatic nitrogens is 2. The number of rotatable bonds is 7. The summed E-state index contributed by atoms with van der Waals surface area (Å²) >= 11 is 0. The van der Waals surface area contributed by atoms with Crippen LogP contribution in [-0.4, -0.2) is 40.6 Å². The van der Waals surface area contributed by atoms with Crippen molar-refractivity contribution in [2.24, 2.45) is 11.1 Å². The van der Waals surface area contributed by atoms with Gasteiger partial charge in [0.1, 0.15) is 5.82 Å². The zero-order chi connectivity index (χ0) is 12.9. The molecule has 0 spiro atoms. The van der Waals surface area contributed by atoms with Crippen molar-refractivity contribution < 1.29 is 0 Å². The molecular formula is C13H26N4. The molecule has 1 aromatic rings. The Labute approximate surface area is 105 Å². The van der Waals surface area contributed by atoms with Gasteiger partial charge in [0.2, 0.25) is 0 Å². The summed E-state index contributed by atoms with van der Waals surface area (Å²) in [5.41, 5.74) is 5.98. The summed E-state index contributed by atoms with van der Waals surface area (Å²) in [4.78, 5) is 6.69. The molecule has 0 aliphatic heterocycles. The molecule has 1 heterocycles. The minimum Gasteiger partial charge on any atom is -0.334 e. The molecular weight excluding hydrogens is 212 g/mol. The van der Waals surface area contributed by atoms with Crippen molar-refractivity contribution in [3.63, 3.8) is 0 Å². The normalized spacial score (nSPS) is 12.4. The van der Waals surface area contributed by atoms with Crippen LogP contribution in [0.2, 0.25) is 0 Å². The molecule has 0 radical (unpaired) electrons. The Kier molecular flexibility index (Phi) is 5.15. The number of likely N-dealkylation sites (N-methyl/N-ethyl adjacent to an activating group) is 1. The molecule has 0 aliphatic carbocycles. The topological polar surface area (TPSA) is 47.1 Å². The van der Waals surface area contributed by atoms with Gasteiger partial charge in [-0.05, 0) is 25.4 Å². The van der Waals surface area contributed by atoms with Crippen molar-refractivity contribution in [3.05, 3.63) is 18.2 Å². The first kappa shape index (κ1) is 14.2. The first-order valence-corrected chi connectivity index (χ1v) is 6.38. The van der Waals surface area contributed by atoms with Gasteiger partial charge in [0.15, 0.2) is 0 Å². The Bertz CT molecular complexity index is 330. The third-order valence-corrected chi connectivity index (χ3v) is 3.23. The fourth-order valence-electron chi connectivity index (χ4n) is 1.91. The van der Waals surface area contributed by atoms with E-state index in [1.807, 2.05) is 19.3 Å². The van der Waals surface area contributed by atoms with Crippen molar-refractivity contribution >= 4 is 0 Å². The summed E-state index contributed by atoms with van der Waals surface area (Å²) in [7, 11) is 0. The van der Waals surface area contributed by atoms with Gasteiger partial charge in [-0.1, -0.05) is 20.8 Å². The maximum absolute atomic E-state index is 5.78. The van der Waals surface area contributed by atoms with E-state index < -0.39 is 0 Å². The maximum atomic E-state index is 5.78. The standard InChI is InChI=1S/C13H26N4/c1-5-16(11-13(3,4)10-14)8-9-17-7-6-15-12(17)2/h6-7H,5,8-11,14H2,1-4H3. The predicted octanol–water partition coefficient (Wildman–Crippen LogP) is 1.50. The number of aryl methyl sites for hydroxylation is 1. The monoisotopic (exact) mass is 238 g/mol. The number of imidazole rings is 1. The molecule has 2 N–H and O–H groups in total. The Morgan fingerprint density at radius 2 is 2.18 bits per heavy atom. The van der Waals surface area contributed by atoms with Crippen molar-refractivity contribution in [2.45, 2.75) is 34.2 Å². The van der Waals surface area contributed by atoms with Crippen LogP contribution in [0.5, 0.6) is 0 Å². The van der Waals surface area contributed by atoms with E-state index in [1.54, 1.807) is 0 Å². The Morgan fingerprint density at radius 3 is 2.65 bits per heavy atom. The molecule has 0 bridgehead atoms. The van der Waals surface area contributed by atoms with Crippen LogP contribution >= 0.6 is 0 Å². The summed E-state index contributed by atoms with van der Waals surface area (Å²) in [6, 6.07) is 0. The van der Waals surface area contributed by atoms with Crippen LogP contribution in [0.1, 0.15) is 26.6 Å². The minimum absolute atomic E-state index is 0.194. The number of nitrogens with zero attached hydrogens (tertiary/aromatic N) is 3. The summed E-state index contributed by atoms with van der Waals surface area (Å²) < 4.78 is 2.19. The fraction of sp³-hybridized carbons (Fsp3) is 0.769. The summed E-state index contributed by atoms with van der Waals surface area (Å²) in [6.45, 7) is 13.6. The maximum Gasteiger partial charge on any atom is 0.105 e. The highest BCUT2D eigenvalue weighted by Crippen LogP contribution is 2.14. The lowest BCUT2D eigenvalue weighted by Crippen LogP contribution is -2.40. The van der Waals surface area contributed by atoms with Gasteiger partial charge in [-0.25, -0.2) is 4.98 Å². The molecule has 4 heteroatoms. The third-order valence-electron chi connectivity index (χ3n) is 3.23. The Morgan fingerprint density at radius 1 is 1.47 bits per heavy atom. The van der Waals surface area contributed by atoms with Gasteiger partial charge in [0, 0.05) is 32.0 Å². The van der Waals surface area contributed by atoms with Gasteiger partial charge >= 0.3 is 0 Å². The predicted molar refractivity (Wildman–Crippen MR) is 71.9 cm³/mol. The molecule has 0 aromatic carbocycles. The van der Waals surface area contributed by atoms with Crippen molar-refractivity contribution in [2.75, 3.05) is 26.2 Å². The number of hydrogen-bond acceptors (Lipinski definition) is 3. The average Bonchev–Trinajstić information content (AvgIpc) is 2.70. The first-order valence-electron chi connectivity index (χ1n) is 6.38. The van der Waals surface area contributed by atoms with Crippen molar-refractivity contribution in [1.82, 2.24) is 14.5 Å². The Balaban J connectivity index is 2.45. The zero-order valence-electron chi connectivity index (χ0n) is 11.6. The second-order valence-electron chi connectivity index (χ2n) is 5.40. The van der Waals surface area contributed by atoms with Crippen molar-refractivity contribution in [1.29, 1.82) is 0 Å². The minimum atomic E-state index is 0.194. The molecule has 0 saturated heterocycles. The van der Waals surface area contributed by atoms with Gasteiger partial charge in [0.05, 0.1) is 0 Å². The lowest BCUT2D eigenvalue weighted by atomic mass is 9.93. The molecule has 0 amide bonds. The second kappa shape index (κ2) is 6.17. The molecule has 0 saturated carbocycles. The van der Waals surface area contributed by atoms with Crippen LogP contribution in [0, 0.1) is 12.3 Å². The molecule has 98 valence electrons. The van der Waals surface area contributed by atoms with E-state index in [9.17, 15) is 0 Å². The van der Waals surface area contributed by atoms with Crippen LogP contribution < -0.4 is 5.73 Å². The van der Waals surface area contributed by atoms with Crippen LogP contribution in [0.25, 0.3) is 0 Å². The molecule has 0 atom stereocenters. The van der Waals surface area contributed by atoms with Crippen LogP contribution in [0.4, 0.5) is 0 Å². The third kappa shape index (κ3) is 4.48. The molecule has 0 fully saturated rings. The molecule has 1 rings (SSSR count). The summed E-state index contributed by atoms with van der Waals surface area (Å²) in [6.07, 6.45) is 3.90. The second-order valence-corrected chi connectivity index (χ2v) is 5.40. The zero-order valence-corrected chi connectivity index (χ0v) is 11.6. The SMILES string of the molecule is CCN(CCn1ccnc1C)CC(C)(C)CN. The number of nitrogens with two attached hydrogens (primary N) is 1. The van der Waals surface area contributed by atoms with E-state index in [-0.39, 0.29) is 5.41 Å². The van der Waals surface area contributed by atoms with E-state index in [2.05, 4.69) is 35.2 Å². The van der Waals surface area contributed by atoms with E-state index in [4.69, 9.17) is 5.73 Å². The highest BCUT2D eigenvalue weighted by atomic mass is 15.2. The van der Waals surface area contributed by atoms with Crippen LogP contribution in [-0.2, 0) is 6.54 Å². The van der Waals surface area contributed by atoms with Gasteiger partial charge in [-0.2, -0.15) is 0 Å². The van der Waals surface area contributed by atoms with E-state index in [0.29, 0.717) is 0 Å². The molecule has 4 nitrogen and oxygen atoms in total. The molecule has 17 heavy (non-hydrogen) atoms. The number of hydrogen-bond donors (Lipinski definition) is 1. The van der Waals surface area contributed by atoms with Gasteiger partial charge < -0.3 is 15.2 Å². The smallest absolute Gasteiger partial charge is 0.105 e. The summed E-state index contributed by atoms with van der Waals surface area (Å²) in [5.74, 6) is 1.08. The highest BCUT2D eigenvalue weighted by Gasteiger charge is 2.19. The van der Waals surface area contributed by atoms with Crippen molar-refractivity contribution in [3.8, 4) is 0 Å². The highest BCUT2D eigenvalue weighted by molar-refractivity contribution is 4.88. The van der Waals surface area contributed by atoms with E-state index in [1.165, 1.54) is 0 Å². The molecule has 0 aliphatic rings. The fourth-order valence-corrected chi connectivity index (χ4v) is 1.91. The molecule has 1 aromatic heterocycles. The van der Waals surface area contributed by atoms with Gasteiger partial charge in [0.25, 0.3) is 0 Å². The largest absolute Gasteiger partial charge is 0.334 e. The van der Waals surface area contributed by atoms with Gasteiger partial charge in [-0.15, -0.1) is 0 Å². The van der Waals surface area contributed by atoms with Gasteiger partial charge in [-0.3, -0.25) is 0 Å². The lowest BCUT2D eigenvalue weighted by Gasteiger charge is -2.31. The quantitative estimate of drug-likeness (QED) is 0.783.